The van der Waals surface area contributed by atoms with Gasteiger partial charge in [-0.1, -0.05) is 19.1 Å². The Morgan fingerprint density at radius 3 is 1.89 bits per heavy atom. The van der Waals surface area contributed by atoms with Crippen molar-refractivity contribution in [1.82, 2.24) is 9.80 Å². The van der Waals surface area contributed by atoms with Gasteiger partial charge in [0, 0.05) is 25.3 Å². The van der Waals surface area contributed by atoms with E-state index in [0.717, 1.165) is 11.3 Å². The molecule has 0 aromatic heterocycles. The number of hydrogen-bond donors (Lipinski definition) is 4. The number of aliphatic carboxylic acids is 3. The average Bonchev–Trinajstić information content (AvgIpc) is 2.59. The minimum absolute atomic E-state index is 0.195. The van der Waals surface area contributed by atoms with Gasteiger partial charge >= 0.3 is 17.9 Å². The Kier molecular flexibility index (Phi) is 9.24. The smallest absolute Gasteiger partial charge is 0.317 e. The second kappa shape index (κ2) is 11.1. The van der Waals surface area contributed by atoms with Crippen LogP contribution in [0.3, 0.4) is 0 Å². The number of likely N-dealkylation sites (N-methyl/N-ethyl adjacent to an activating group) is 1. The van der Waals surface area contributed by atoms with Gasteiger partial charge in [-0.3, -0.25) is 24.2 Å². The predicted molar refractivity (Wildman–Crippen MR) is 100 cm³/mol. The molecule has 0 bridgehead atoms. The summed E-state index contributed by atoms with van der Waals surface area (Å²) in [4.78, 5) is 36.5. The molecule has 1 aromatic rings. The Balaban J connectivity index is 3.07. The molecule has 0 aliphatic heterocycles. The van der Waals surface area contributed by atoms with Gasteiger partial charge in [0.15, 0.2) is 0 Å². The minimum atomic E-state index is -1.13. The van der Waals surface area contributed by atoms with Crippen molar-refractivity contribution in [2.24, 2.45) is 0 Å². The molecule has 0 spiro atoms. The molecule has 9 heteroatoms. The maximum Gasteiger partial charge on any atom is 0.317 e. The first kappa shape index (κ1) is 22.4. The van der Waals surface area contributed by atoms with Gasteiger partial charge in [-0.05, 0) is 30.7 Å². The number of hydrogen-bond acceptors (Lipinski definition) is 6. The first-order valence-corrected chi connectivity index (χ1v) is 8.63. The van der Waals surface area contributed by atoms with E-state index in [1.807, 2.05) is 24.3 Å². The third kappa shape index (κ3) is 8.52. The molecule has 1 atom stereocenters. The minimum Gasteiger partial charge on any atom is -0.480 e. The van der Waals surface area contributed by atoms with Gasteiger partial charge in [0.25, 0.3) is 0 Å². The molecule has 0 fully saturated rings. The summed E-state index contributed by atoms with van der Waals surface area (Å²) in [6.07, 6.45) is 0.403. The molecule has 1 aromatic carbocycles. The van der Waals surface area contributed by atoms with Crippen molar-refractivity contribution < 1.29 is 29.7 Å². The van der Waals surface area contributed by atoms with Crippen LogP contribution in [-0.2, 0) is 20.8 Å². The van der Waals surface area contributed by atoms with Crippen molar-refractivity contribution in [3.05, 3.63) is 29.8 Å². The molecule has 0 heterocycles. The van der Waals surface area contributed by atoms with Crippen LogP contribution in [0.5, 0.6) is 0 Å². The van der Waals surface area contributed by atoms with E-state index in [2.05, 4.69) is 5.32 Å². The van der Waals surface area contributed by atoms with Crippen LogP contribution in [0, 0.1) is 0 Å². The lowest BCUT2D eigenvalue weighted by atomic mass is 10.0. The molecule has 0 amide bonds. The third-order valence-corrected chi connectivity index (χ3v) is 4.18. The number of anilines is 1. The number of carboxylic acid groups (broad SMARTS) is 3. The second-order valence-electron chi connectivity index (χ2n) is 6.22. The number of benzene rings is 1. The van der Waals surface area contributed by atoms with Crippen molar-refractivity contribution in [3.8, 4) is 0 Å². The Hall–Kier alpha value is -2.65. The van der Waals surface area contributed by atoms with Crippen LogP contribution >= 0.6 is 0 Å². The normalized spacial score (nSPS) is 12.1. The topological polar surface area (TPSA) is 130 Å². The molecule has 0 aliphatic rings. The van der Waals surface area contributed by atoms with Crippen LogP contribution in [0.2, 0.25) is 0 Å². The molecular weight excluding hydrogens is 354 g/mol. The lowest BCUT2D eigenvalue weighted by Gasteiger charge is -2.33. The van der Waals surface area contributed by atoms with E-state index in [0.29, 0.717) is 13.0 Å². The fourth-order valence-electron chi connectivity index (χ4n) is 2.85. The fraction of sp³-hybridized carbons (Fsp3) is 0.500. The Morgan fingerprint density at radius 1 is 0.963 bits per heavy atom. The van der Waals surface area contributed by atoms with Gasteiger partial charge in [0.1, 0.15) is 0 Å². The molecule has 0 aliphatic carbocycles. The van der Waals surface area contributed by atoms with Gasteiger partial charge in [0.2, 0.25) is 0 Å². The summed E-state index contributed by atoms with van der Waals surface area (Å²) < 4.78 is 0. The molecule has 150 valence electrons. The first-order chi connectivity index (χ1) is 12.7. The number of carbonyl (C=O) groups is 3. The highest BCUT2D eigenvalue weighted by atomic mass is 16.4. The highest BCUT2D eigenvalue weighted by molar-refractivity contribution is 5.72. The summed E-state index contributed by atoms with van der Waals surface area (Å²) >= 11 is 0. The number of nitrogens with one attached hydrogen (secondary N) is 1. The molecule has 27 heavy (non-hydrogen) atoms. The SMILES string of the molecule is CCN(CC(=O)O)CC(Cc1ccc(NC)cc1)N(CC(=O)O)CC(=O)O. The first-order valence-electron chi connectivity index (χ1n) is 8.63. The predicted octanol–water partition coefficient (Wildman–Crippen LogP) is 0.517. The van der Waals surface area contributed by atoms with Crippen LogP contribution in [0.4, 0.5) is 5.69 Å². The molecule has 0 radical (unpaired) electrons. The van der Waals surface area contributed by atoms with Crippen molar-refractivity contribution >= 4 is 23.6 Å². The molecule has 0 saturated carbocycles. The number of nitrogens with zero attached hydrogens (tertiary/aromatic N) is 2. The van der Waals surface area contributed by atoms with E-state index >= 15 is 0 Å². The van der Waals surface area contributed by atoms with Crippen LogP contribution in [-0.4, -0.2) is 88.8 Å². The lowest BCUT2D eigenvalue weighted by Crippen LogP contribution is -2.50. The largest absolute Gasteiger partial charge is 0.480 e. The van der Waals surface area contributed by atoms with Crippen molar-refractivity contribution in [2.45, 2.75) is 19.4 Å². The standard InChI is InChI=1S/C18H27N3O6/c1-3-20(10-16(22)23)9-15(21(11-17(24)25)12-18(26)27)8-13-4-6-14(19-2)7-5-13/h4-7,15,19H,3,8-12H2,1-2H3,(H,22,23)(H,24,25)(H,26,27). The van der Waals surface area contributed by atoms with Crippen molar-refractivity contribution in [1.29, 1.82) is 0 Å². The highest BCUT2D eigenvalue weighted by Gasteiger charge is 2.26. The zero-order valence-electron chi connectivity index (χ0n) is 15.6. The number of carboxylic acids is 3. The van der Waals surface area contributed by atoms with E-state index in [9.17, 15) is 14.4 Å². The molecule has 1 rings (SSSR count). The summed E-state index contributed by atoms with van der Waals surface area (Å²) in [6, 6.07) is 7.05. The fourth-order valence-corrected chi connectivity index (χ4v) is 2.85. The summed E-state index contributed by atoms with van der Waals surface area (Å²) in [5.41, 5.74) is 1.83. The van der Waals surface area contributed by atoms with Crippen LogP contribution < -0.4 is 5.32 Å². The van der Waals surface area contributed by atoms with E-state index in [-0.39, 0.29) is 13.1 Å². The third-order valence-electron chi connectivity index (χ3n) is 4.18. The monoisotopic (exact) mass is 381 g/mol. The van der Waals surface area contributed by atoms with Gasteiger partial charge in [-0.2, -0.15) is 0 Å². The summed E-state index contributed by atoms with van der Waals surface area (Å²) in [5, 5.41) is 30.4. The van der Waals surface area contributed by atoms with Crippen molar-refractivity contribution in [2.75, 3.05) is 45.1 Å². The molecule has 4 N–H and O–H groups in total. The van der Waals surface area contributed by atoms with Crippen LogP contribution in [0.25, 0.3) is 0 Å². The maximum absolute atomic E-state index is 11.2. The quantitative estimate of drug-likeness (QED) is 0.386. The highest BCUT2D eigenvalue weighted by Crippen LogP contribution is 2.14. The van der Waals surface area contributed by atoms with E-state index in [4.69, 9.17) is 15.3 Å². The lowest BCUT2D eigenvalue weighted by molar-refractivity contribution is -0.144. The van der Waals surface area contributed by atoms with Crippen molar-refractivity contribution in [3.63, 3.8) is 0 Å². The van der Waals surface area contributed by atoms with E-state index in [1.54, 1.807) is 18.9 Å². The summed E-state index contributed by atoms with van der Waals surface area (Å²) in [6.45, 7) is 1.44. The molecule has 9 nitrogen and oxygen atoms in total. The molecule has 1 unspecified atom stereocenters. The Bertz CT molecular complexity index is 618. The van der Waals surface area contributed by atoms with Gasteiger partial charge < -0.3 is 20.6 Å². The van der Waals surface area contributed by atoms with E-state index < -0.39 is 37.0 Å². The zero-order valence-corrected chi connectivity index (χ0v) is 15.6. The van der Waals surface area contributed by atoms with Gasteiger partial charge in [0.05, 0.1) is 19.6 Å². The Morgan fingerprint density at radius 2 is 1.48 bits per heavy atom. The van der Waals surface area contributed by atoms with E-state index in [1.165, 1.54) is 4.90 Å². The van der Waals surface area contributed by atoms with Crippen LogP contribution in [0.15, 0.2) is 24.3 Å². The molecular formula is C18H27N3O6. The maximum atomic E-state index is 11.2. The average molecular weight is 381 g/mol. The number of rotatable bonds is 13. The summed E-state index contributed by atoms with van der Waals surface area (Å²) in [7, 11) is 1.80. The molecule has 0 saturated heterocycles. The Labute approximate surface area is 158 Å². The van der Waals surface area contributed by atoms with Gasteiger partial charge in [-0.25, -0.2) is 0 Å². The second-order valence-corrected chi connectivity index (χ2v) is 6.22. The van der Waals surface area contributed by atoms with Gasteiger partial charge in [-0.15, -0.1) is 0 Å². The van der Waals surface area contributed by atoms with Crippen LogP contribution in [0.1, 0.15) is 12.5 Å². The summed E-state index contributed by atoms with van der Waals surface area (Å²) in [5.74, 6) is -3.25. The zero-order chi connectivity index (χ0) is 20.4.